The fourth-order valence-electron chi connectivity index (χ4n) is 1.87. The van der Waals surface area contributed by atoms with Crippen molar-refractivity contribution in [3.05, 3.63) is 44.7 Å². The molecular formula is C14H14BrNO2. The Labute approximate surface area is 113 Å². The Morgan fingerprint density at radius 3 is 2.89 bits per heavy atom. The molecule has 0 aliphatic heterocycles. The number of unbranched alkanes of at least 4 members (excludes halogenated alkanes) is 1. The van der Waals surface area contributed by atoms with Gasteiger partial charge in [0.2, 0.25) is 0 Å². The topological polar surface area (TPSA) is 49.9 Å². The summed E-state index contributed by atoms with van der Waals surface area (Å²) in [6, 6.07) is 5.42. The van der Waals surface area contributed by atoms with E-state index in [-0.39, 0.29) is 16.8 Å². The number of nitrogens with one attached hydrogen (secondary N) is 1. The quantitative estimate of drug-likeness (QED) is 0.876. The number of hydrogen-bond acceptors (Lipinski definition) is 2. The third-order valence-electron chi connectivity index (χ3n) is 2.90. The molecule has 2 rings (SSSR count). The van der Waals surface area contributed by atoms with Gasteiger partial charge in [0.1, 0.15) is 0 Å². The number of benzene rings is 1. The Morgan fingerprint density at radius 2 is 2.17 bits per heavy atom. The average molecular weight is 308 g/mol. The fraction of sp³-hybridized carbons (Fsp3) is 0.286. The first-order valence-corrected chi connectivity index (χ1v) is 6.77. The van der Waals surface area contributed by atoms with Gasteiger partial charge in [0, 0.05) is 28.0 Å². The van der Waals surface area contributed by atoms with Crippen LogP contribution < -0.4 is 5.43 Å². The summed E-state index contributed by atoms with van der Waals surface area (Å²) in [6.45, 7) is 2.02. The zero-order chi connectivity index (χ0) is 13.1. The molecule has 0 atom stereocenters. The van der Waals surface area contributed by atoms with E-state index < -0.39 is 0 Å². The Kier molecular flexibility index (Phi) is 3.97. The number of carbonyl (C=O) groups excluding carboxylic acids is 1. The molecule has 2 aromatic rings. The Hall–Kier alpha value is -1.42. The highest BCUT2D eigenvalue weighted by Gasteiger charge is 2.12. The lowest BCUT2D eigenvalue weighted by molar-refractivity contribution is 0.0978. The number of H-pyrrole nitrogens is 1. The number of Topliss-reactive ketones (excluding diaryl/α,β-unsaturated/α-hetero) is 1. The molecular weight excluding hydrogens is 294 g/mol. The molecule has 0 saturated heterocycles. The lowest BCUT2D eigenvalue weighted by Gasteiger charge is -2.03. The second-order valence-corrected chi connectivity index (χ2v) is 5.16. The first-order valence-electron chi connectivity index (χ1n) is 5.97. The van der Waals surface area contributed by atoms with Gasteiger partial charge in [0.15, 0.2) is 11.2 Å². The lowest BCUT2D eigenvalue weighted by Crippen LogP contribution is -2.15. The van der Waals surface area contributed by atoms with E-state index in [2.05, 4.69) is 20.9 Å². The molecule has 1 aromatic carbocycles. The number of aromatic nitrogens is 1. The standard InChI is InChI=1S/C14H14BrNO2/c1-2-3-4-13(17)11-8-16-12-6-5-9(15)7-10(12)14(11)18/h5-8H,2-4H2,1H3,(H,16,18). The highest BCUT2D eigenvalue weighted by Crippen LogP contribution is 2.16. The van der Waals surface area contributed by atoms with Gasteiger partial charge in [-0.1, -0.05) is 29.3 Å². The van der Waals surface area contributed by atoms with Crippen LogP contribution in [0.5, 0.6) is 0 Å². The summed E-state index contributed by atoms with van der Waals surface area (Å²) in [4.78, 5) is 27.1. The molecule has 4 heteroatoms. The number of carbonyl (C=O) groups is 1. The second-order valence-electron chi connectivity index (χ2n) is 4.25. The molecule has 94 valence electrons. The van der Waals surface area contributed by atoms with Crippen molar-refractivity contribution in [2.45, 2.75) is 26.2 Å². The van der Waals surface area contributed by atoms with E-state index in [4.69, 9.17) is 0 Å². The van der Waals surface area contributed by atoms with Crippen molar-refractivity contribution in [2.75, 3.05) is 0 Å². The number of halogens is 1. The maximum atomic E-state index is 12.2. The lowest BCUT2D eigenvalue weighted by atomic mass is 10.0. The summed E-state index contributed by atoms with van der Waals surface area (Å²) in [6.07, 6.45) is 3.72. The van der Waals surface area contributed by atoms with Crippen molar-refractivity contribution in [2.24, 2.45) is 0 Å². The summed E-state index contributed by atoms with van der Waals surface area (Å²) in [5.41, 5.74) is 0.815. The molecule has 1 aromatic heterocycles. The molecule has 1 heterocycles. The number of ketones is 1. The zero-order valence-corrected chi connectivity index (χ0v) is 11.7. The monoisotopic (exact) mass is 307 g/mol. The Balaban J connectivity index is 2.50. The van der Waals surface area contributed by atoms with E-state index in [0.29, 0.717) is 11.8 Å². The molecule has 0 unspecified atom stereocenters. The van der Waals surface area contributed by atoms with E-state index >= 15 is 0 Å². The molecule has 0 bridgehead atoms. The smallest absolute Gasteiger partial charge is 0.200 e. The van der Waals surface area contributed by atoms with Gasteiger partial charge in [0.25, 0.3) is 0 Å². The summed E-state index contributed by atoms with van der Waals surface area (Å²) in [7, 11) is 0. The normalized spacial score (nSPS) is 10.8. The van der Waals surface area contributed by atoms with Gasteiger partial charge in [-0.3, -0.25) is 9.59 Å². The number of rotatable bonds is 4. The van der Waals surface area contributed by atoms with Crippen LogP contribution in [0.1, 0.15) is 36.5 Å². The Bertz CT molecular complexity index is 646. The number of hydrogen-bond donors (Lipinski definition) is 1. The van der Waals surface area contributed by atoms with Gasteiger partial charge in [-0.05, 0) is 24.6 Å². The fourth-order valence-corrected chi connectivity index (χ4v) is 2.23. The van der Waals surface area contributed by atoms with Crippen molar-refractivity contribution in [1.29, 1.82) is 0 Å². The SMILES string of the molecule is CCCCC(=O)c1c[nH]c2ccc(Br)cc2c1=O. The third-order valence-corrected chi connectivity index (χ3v) is 3.39. The van der Waals surface area contributed by atoms with Crippen molar-refractivity contribution >= 4 is 32.6 Å². The first kappa shape index (κ1) is 13.0. The summed E-state index contributed by atoms with van der Waals surface area (Å²) < 4.78 is 0.832. The van der Waals surface area contributed by atoms with Crippen molar-refractivity contribution in [3.8, 4) is 0 Å². The largest absolute Gasteiger partial charge is 0.360 e. The number of pyridine rings is 1. The van der Waals surface area contributed by atoms with E-state index in [1.807, 2.05) is 19.1 Å². The van der Waals surface area contributed by atoms with Crippen LogP contribution in [0.4, 0.5) is 0 Å². The van der Waals surface area contributed by atoms with Crippen molar-refractivity contribution in [3.63, 3.8) is 0 Å². The van der Waals surface area contributed by atoms with Gasteiger partial charge in [-0.15, -0.1) is 0 Å². The Morgan fingerprint density at radius 1 is 1.39 bits per heavy atom. The van der Waals surface area contributed by atoms with Crippen LogP contribution in [0.2, 0.25) is 0 Å². The van der Waals surface area contributed by atoms with Gasteiger partial charge in [-0.2, -0.15) is 0 Å². The van der Waals surface area contributed by atoms with Crippen LogP contribution in [0.3, 0.4) is 0 Å². The minimum absolute atomic E-state index is 0.0834. The minimum Gasteiger partial charge on any atom is -0.360 e. The van der Waals surface area contributed by atoms with E-state index in [1.165, 1.54) is 6.20 Å². The van der Waals surface area contributed by atoms with Gasteiger partial charge in [-0.25, -0.2) is 0 Å². The van der Waals surface area contributed by atoms with Crippen LogP contribution in [-0.4, -0.2) is 10.8 Å². The van der Waals surface area contributed by atoms with Crippen LogP contribution in [0.15, 0.2) is 33.7 Å². The zero-order valence-electron chi connectivity index (χ0n) is 10.1. The number of aromatic amines is 1. The number of fused-ring (bicyclic) bond motifs is 1. The predicted octanol–water partition coefficient (Wildman–Crippen LogP) is 3.66. The minimum atomic E-state index is -0.189. The van der Waals surface area contributed by atoms with Crippen LogP contribution in [0.25, 0.3) is 10.9 Å². The maximum Gasteiger partial charge on any atom is 0.200 e. The molecule has 1 N–H and O–H groups in total. The highest BCUT2D eigenvalue weighted by atomic mass is 79.9. The van der Waals surface area contributed by atoms with Crippen LogP contribution in [0, 0.1) is 0 Å². The van der Waals surface area contributed by atoms with Gasteiger partial charge < -0.3 is 4.98 Å². The predicted molar refractivity (Wildman–Crippen MR) is 76.1 cm³/mol. The summed E-state index contributed by atoms with van der Waals surface area (Å²) in [5.74, 6) is -0.0834. The van der Waals surface area contributed by atoms with Crippen LogP contribution >= 0.6 is 15.9 Å². The third kappa shape index (κ3) is 2.53. The molecule has 0 aliphatic rings. The van der Waals surface area contributed by atoms with Gasteiger partial charge >= 0.3 is 0 Å². The van der Waals surface area contributed by atoms with Gasteiger partial charge in [0.05, 0.1) is 5.56 Å². The average Bonchev–Trinajstić information content (AvgIpc) is 2.37. The molecule has 18 heavy (non-hydrogen) atoms. The summed E-state index contributed by atoms with van der Waals surface area (Å²) in [5, 5.41) is 0.548. The summed E-state index contributed by atoms with van der Waals surface area (Å²) >= 11 is 3.33. The van der Waals surface area contributed by atoms with Crippen molar-refractivity contribution < 1.29 is 4.79 Å². The molecule has 0 radical (unpaired) electrons. The first-order chi connectivity index (χ1) is 8.63. The highest BCUT2D eigenvalue weighted by molar-refractivity contribution is 9.10. The molecule has 0 fully saturated rings. The second kappa shape index (κ2) is 5.48. The van der Waals surface area contributed by atoms with Crippen molar-refractivity contribution in [1.82, 2.24) is 4.98 Å². The van der Waals surface area contributed by atoms with E-state index in [9.17, 15) is 9.59 Å². The molecule has 0 amide bonds. The van der Waals surface area contributed by atoms with E-state index in [0.717, 1.165) is 22.8 Å². The molecule has 0 aliphatic carbocycles. The van der Waals surface area contributed by atoms with Crippen LogP contribution in [-0.2, 0) is 0 Å². The maximum absolute atomic E-state index is 12.2. The molecule has 0 spiro atoms. The molecule has 3 nitrogen and oxygen atoms in total. The van der Waals surface area contributed by atoms with E-state index in [1.54, 1.807) is 6.07 Å². The molecule has 0 saturated carbocycles.